The van der Waals surface area contributed by atoms with Crippen LogP contribution in [-0.2, 0) is 23.7 Å². The second-order valence-corrected chi connectivity index (χ2v) is 8.12. The molecular formula is C25H34O7. The minimum Gasteiger partial charge on any atom is -0.396 e. The predicted octanol–water partition coefficient (Wildman–Crippen LogP) is 3.09. The molecule has 0 spiro atoms. The van der Waals surface area contributed by atoms with Crippen LogP contribution in [0.25, 0.3) is 0 Å². The van der Waals surface area contributed by atoms with E-state index in [0.29, 0.717) is 19.8 Å². The molecule has 2 aromatic rings. The maximum atomic E-state index is 9.95. The van der Waals surface area contributed by atoms with Gasteiger partial charge in [0, 0.05) is 23.7 Å². The molecule has 2 atom stereocenters. The van der Waals surface area contributed by atoms with Crippen LogP contribution in [0.3, 0.4) is 0 Å². The largest absolute Gasteiger partial charge is 0.396 e. The summed E-state index contributed by atoms with van der Waals surface area (Å²) < 4.78 is 29.2. The van der Waals surface area contributed by atoms with E-state index in [1.165, 1.54) is 0 Å². The number of benzene rings is 2. The van der Waals surface area contributed by atoms with Crippen LogP contribution < -0.4 is 0 Å². The molecule has 1 saturated heterocycles. The Morgan fingerprint density at radius 1 is 0.938 bits per heavy atom. The molecule has 1 heterocycles. The van der Waals surface area contributed by atoms with Crippen LogP contribution in [0.15, 0.2) is 60.7 Å². The lowest BCUT2D eigenvalue weighted by molar-refractivity contribution is -0.252. The van der Waals surface area contributed by atoms with Gasteiger partial charge in [-0.2, -0.15) is 0 Å². The van der Waals surface area contributed by atoms with Crippen molar-refractivity contribution in [2.24, 2.45) is 11.3 Å². The zero-order valence-electron chi connectivity index (χ0n) is 18.6. The third kappa shape index (κ3) is 7.08. The van der Waals surface area contributed by atoms with Gasteiger partial charge in [0.2, 0.25) is 0 Å². The maximum absolute atomic E-state index is 9.95. The molecule has 1 fully saturated rings. The lowest BCUT2D eigenvalue weighted by Gasteiger charge is -2.38. The molecule has 2 N–H and O–H groups in total. The molecule has 3 rings (SSSR count). The first-order valence-corrected chi connectivity index (χ1v) is 11.1. The number of aliphatic hydroxyl groups excluding tert-OH is 2. The first-order chi connectivity index (χ1) is 15.7. The van der Waals surface area contributed by atoms with Gasteiger partial charge in [-0.15, -0.1) is 0 Å². The van der Waals surface area contributed by atoms with Gasteiger partial charge in [0.15, 0.2) is 12.6 Å². The minimum atomic E-state index is -0.635. The summed E-state index contributed by atoms with van der Waals surface area (Å²) in [5, 5.41) is 19.7. The monoisotopic (exact) mass is 446 g/mol. The van der Waals surface area contributed by atoms with E-state index in [9.17, 15) is 10.2 Å². The lowest BCUT2D eigenvalue weighted by atomic mass is 9.91. The molecule has 1 aliphatic rings. The first kappa shape index (κ1) is 24.8. The Kier molecular flexibility index (Phi) is 10.1. The molecule has 32 heavy (non-hydrogen) atoms. The standard InChI is InChI=1S/C25H34O7/c1-2-29-23(21-9-5-3-6-10-21)30-15-20(13-26)14-28-17-25(16-27)18-31-24(32-19-25)22-11-7-4-8-12-22/h3-12,20,23-24,26-27H,2,13-19H2,1H3. The fourth-order valence-corrected chi connectivity index (χ4v) is 3.44. The summed E-state index contributed by atoms with van der Waals surface area (Å²) in [5.74, 6) is -0.222. The summed E-state index contributed by atoms with van der Waals surface area (Å²) in [4.78, 5) is 0. The fourth-order valence-electron chi connectivity index (χ4n) is 3.44. The van der Waals surface area contributed by atoms with Crippen LogP contribution in [0, 0.1) is 11.3 Å². The van der Waals surface area contributed by atoms with Gasteiger partial charge in [0.1, 0.15) is 0 Å². The van der Waals surface area contributed by atoms with Crippen LogP contribution in [0.1, 0.15) is 30.6 Å². The van der Waals surface area contributed by atoms with Crippen LogP contribution in [0.5, 0.6) is 0 Å². The van der Waals surface area contributed by atoms with Crippen molar-refractivity contribution in [2.75, 3.05) is 52.9 Å². The summed E-state index contributed by atoms with van der Waals surface area (Å²) in [6.45, 7) is 3.71. The van der Waals surface area contributed by atoms with Crippen LogP contribution >= 0.6 is 0 Å². The Morgan fingerprint density at radius 3 is 2.19 bits per heavy atom. The Morgan fingerprint density at radius 2 is 1.59 bits per heavy atom. The number of rotatable bonds is 13. The van der Waals surface area contributed by atoms with Crippen molar-refractivity contribution in [2.45, 2.75) is 19.5 Å². The topological polar surface area (TPSA) is 86.6 Å². The van der Waals surface area contributed by atoms with Crippen LogP contribution in [-0.4, -0.2) is 63.1 Å². The van der Waals surface area contributed by atoms with E-state index in [1.807, 2.05) is 67.6 Å². The maximum Gasteiger partial charge on any atom is 0.183 e. The smallest absolute Gasteiger partial charge is 0.183 e. The highest BCUT2D eigenvalue weighted by Crippen LogP contribution is 2.32. The van der Waals surface area contributed by atoms with Crippen molar-refractivity contribution in [3.8, 4) is 0 Å². The molecule has 0 radical (unpaired) electrons. The van der Waals surface area contributed by atoms with Crippen molar-refractivity contribution in [1.29, 1.82) is 0 Å². The highest BCUT2D eigenvalue weighted by molar-refractivity contribution is 5.17. The Labute approximate surface area is 189 Å². The average molecular weight is 447 g/mol. The van der Waals surface area contributed by atoms with Crippen molar-refractivity contribution in [3.63, 3.8) is 0 Å². The quantitative estimate of drug-likeness (QED) is 0.457. The number of aliphatic hydroxyl groups is 2. The zero-order chi connectivity index (χ0) is 22.7. The summed E-state index contributed by atoms with van der Waals surface area (Å²) in [5.41, 5.74) is 1.24. The number of hydrogen-bond acceptors (Lipinski definition) is 7. The third-order valence-corrected chi connectivity index (χ3v) is 5.38. The summed E-state index contributed by atoms with van der Waals surface area (Å²) in [6.07, 6.45) is -0.933. The predicted molar refractivity (Wildman–Crippen MR) is 119 cm³/mol. The zero-order valence-corrected chi connectivity index (χ0v) is 18.6. The molecule has 0 aromatic heterocycles. The van der Waals surface area contributed by atoms with Crippen molar-refractivity contribution >= 4 is 0 Å². The van der Waals surface area contributed by atoms with Crippen molar-refractivity contribution in [3.05, 3.63) is 71.8 Å². The molecule has 7 heteroatoms. The SMILES string of the molecule is CCOC(OCC(CO)COCC1(CO)COC(c2ccccc2)OC1)c1ccccc1. The van der Waals surface area contributed by atoms with Gasteiger partial charge < -0.3 is 33.9 Å². The molecule has 0 bridgehead atoms. The third-order valence-electron chi connectivity index (χ3n) is 5.38. The Bertz CT molecular complexity index is 747. The van der Waals surface area contributed by atoms with E-state index in [2.05, 4.69) is 0 Å². The normalized spacial score (nSPS) is 23.0. The van der Waals surface area contributed by atoms with Gasteiger partial charge >= 0.3 is 0 Å². The van der Waals surface area contributed by atoms with Crippen molar-refractivity contribution < 1.29 is 33.9 Å². The van der Waals surface area contributed by atoms with Gasteiger partial charge in [-0.25, -0.2) is 0 Å². The molecule has 1 aliphatic heterocycles. The number of ether oxygens (including phenoxy) is 5. The van der Waals surface area contributed by atoms with E-state index >= 15 is 0 Å². The second-order valence-electron chi connectivity index (χ2n) is 8.12. The molecule has 0 aliphatic carbocycles. The summed E-state index contributed by atoms with van der Waals surface area (Å²) in [7, 11) is 0. The lowest BCUT2D eigenvalue weighted by Crippen LogP contribution is -2.45. The Hall–Kier alpha value is -1.84. The Balaban J connectivity index is 1.45. The highest BCUT2D eigenvalue weighted by atomic mass is 16.7. The van der Waals surface area contributed by atoms with Gasteiger partial charge in [0.25, 0.3) is 0 Å². The molecule has 2 aromatic carbocycles. The van der Waals surface area contributed by atoms with Gasteiger partial charge in [-0.05, 0) is 6.92 Å². The minimum absolute atomic E-state index is 0.0805. The van der Waals surface area contributed by atoms with Gasteiger partial charge in [0.05, 0.1) is 51.7 Å². The first-order valence-electron chi connectivity index (χ1n) is 11.1. The molecule has 2 unspecified atom stereocenters. The highest BCUT2D eigenvalue weighted by Gasteiger charge is 2.37. The summed E-state index contributed by atoms with van der Waals surface area (Å²) >= 11 is 0. The molecule has 7 nitrogen and oxygen atoms in total. The van der Waals surface area contributed by atoms with E-state index in [0.717, 1.165) is 11.1 Å². The number of hydrogen-bond donors (Lipinski definition) is 2. The van der Waals surface area contributed by atoms with E-state index < -0.39 is 18.0 Å². The van der Waals surface area contributed by atoms with E-state index in [4.69, 9.17) is 23.7 Å². The second kappa shape index (κ2) is 13.0. The van der Waals surface area contributed by atoms with Crippen LogP contribution in [0.2, 0.25) is 0 Å². The molecule has 0 amide bonds. The van der Waals surface area contributed by atoms with E-state index in [1.54, 1.807) is 0 Å². The average Bonchev–Trinajstić information content (AvgIpc) is 2.86. The van der Waals surface area contributed by atoms with Crippen LogP contribution in [0.4, 0.5) is 0 Å². The molecule has 0 saturated carbocycles. The molecular weight excluding hydrogens is 412 g/mol. The van der Waals surface area contributed by atoms with Gasteiger partial charge in [-0.1, -0.05) is 60.7 Å². The summed E-state index contributed by atoms with van der Waals surface area (Å²) in [6, 6.07) is 19.4. The van der Waals surface area contributed by atoms with E-state index in [-0.39, 0.29) is 39.0 Å². The fraction of sp³-hybridized carbons (Fsp3) is 0.520. The molecule has 176 valence electrons. The van der Waals surface area contributed by atoms with Crippen molar-refractivity contribution in [1.82, 2.24) is 0 Å². The van der Waals surface area contributed by atoms with Gasteiger partial charge in [-0.3, -0.25) is 0 Å².